The number of ether oxygens (including phenoxy) is 1. The first-order valence-electron chi connectivity index (χ1n) is 6.59. The molecule has 0 aliphatic heterocycles. The molecular weight excluding hydrogens is 350 g/mol. The zero-order valence-corrected chi connectivity index (χ0v) is 14.1. The molecule has 0 unspecified atom stereocenters. The van der Waals surface area contributed by atoms with Crippen LogP contribution in [0.25, 0.3) is 11.0 Å². The number of aryl methyl sites for hydroxylation is 1. The van der Waals surface area contributed by atoms with E-state index in [4.69, 9.17) is 4.74 Å². The molecule has 21 heavy (non-hydrogen) atoms. The Kier molecular flexibility index (Phi) is 4.17. The first kappa shape index (κ1) is 14.4. The fourth-order valence-corrected chi connectivity index (χ4v) is 3.28. The molecule has 0 bridgehead atoms. The summed E-state index contributed by atoms with van der Waals surface area (Å²) in [5.41, 5.74) is 3.04. The Morgan fingerprint density at radius 1 is 1.33 bits per heavy atom. The van der Waals surface area contributed by atoms with E-state index in [-0.39, 0.29) is 0 Å². The summed E-state index contributed by atoms with van der Waals surface area (Å²) in [7, 11) is 0. The van der Waals surface area contributed by atoms with Crippen molar-refractivity contribution in [3.05, 3.63) is 40.5 Å². The van der Waals surface area contributed by atoms with E-state index >= 15 is 0 Å². The quantitative estimate of drug-likeness (QED) is 0.736. The summed E-state index contributed by atoms with van der Waals surface area (Å²) in [6.07, 6.45) is 1.80. The molecule has 108 valence electrons. The Balaban J connectivity index is 1.92. The lowest BCUT2D eigenvalue weighted by Gasteiger charge is -2.02. The monoisotopic (exact) mass is 363 g/mol. The van der Waals surface area contributed by atoms with E-state index in [0.29, 0.717) is 6.61 Å². The van der Waals surface area contributed by atoms with Gasteiger partial charge in [-0.3, -0.25) is 0 Å². The number of H-pyrrole nitrogens is 1. The second-order valence-corrected chi connectivity index (χ2v) is 6.27. The third-order valence-corrected chi connectivity index (χ3v) is 5.14. The van der Waals surface area contributed by atoms with Crippen LogP contribution in [0.15, 0.2) is 45.1 Å². The Morgan fingerprint density at radius 2 is 2.19 bits per heavy atom. The van der Waals surface area contributed by atoms with Gasteiger partial charge in [0.15, 0.2) is 5.16 Å². The van der Waals surface area contributed by atoms with Crippen LogP contribution < -0.4 is 4.74 Å². The molecule has 0 fully saturated rings. The number of aromatic amines is 1. The first-order valence-corrected chi connectivity index (χ1v) is 8.20. The van der Waals surface area contributed by atoms with Gasteiger partial charge >= 0.3 is 0 Å². The van der Waals surface area contributed by atoms with Gasteiger partial charge in [0.2, 0.25) is 0 Å². The highest BCUT2D eigenvalue weighted by Crippen LogP contribution is 2.33. The highest BCUT2D eigenvalue weighted by Gasteiger charge is 2.10. The summed E-state index contributed by atoms with van der Waals surface area (Å²) in [5.74, 6) is 0.847. The second kappa shape index (κ2) is 6.07. The van der Waals surface area contributed by atoms with Crippen LogP contribution in [-0.4, -0.2) is 21.6 Å². The van der Waals surface area contributed by atoms with E-state index in [0.717, 1.165) is 37.0 Å². The van der Waals surface area contributed by atoms with Crippen molar-refractivity contribution in [3.8, 4) is 5.75 Å². The standard InChI is InChI=1S/C15H14BrN3OS/c1-3-20-10-4-5-11-12(8-10)19-15(18-11)21-14-13(16)9(2)6-7-17-14/h4-8H,3H2,1-2H3,(H,18,19). The predicted molar refractivity (Wildman–Crippen MR) is 88.1 cm³/mol. The van der Waals surface area contributed by atoms with E-state index in [1.54, 1.807) is 6.20 Å². The zero-order valence-electron chi connectivity index (χ0n) is 11.7. The van der Waals surface area contributed by atoms with Gasteiger partial charge < -0.3 is 9.72 Å². The lowest BCUT2D eigenvalue weighted by molar-refractivity contribution is 0.340. The highest BCUT2D eigenvalue weighted by molar-refractivity contribution is 9.10. The molecule has 2 aromatic heterocycles. The van der Waals surface area contributed by atoms with Crippen molar-refractivity contribution in [2.45, 2.75) is 24.0 Å². The van der Waals surface area contributed by atoms with Gasteiger partial charge in [-0.2, -0.15) is 0 Å². The fraction of sp³-hybridized carbons (Fsp3) is 0.200. The number of fused-ring (bicyclic) bond motifs is 1. The lowest BCUT2D eigenvalue weighted by atomic mass is 10.3. The number of nitrogens with zero attached hydrogens (tertiary/aromatic N) is 2. The van der Waals surface area contributed by atoms with E-state index in [2.05, 4.69) is 30.9 Å². The minimum Gasteiger partial charge on any atom is -0.494 e. The number of benzene rings is 1. The Bertz CT molecular complexity index is 788. The summed E-state index contributed by atoms with van der Waals surface area (Å²) < 4.78 is 6.51. The molecule has 0 saturated heterocycles. The third-order valence-electron chi connectivity index (χ3n) is 2.99. The molecule has 0 atom stereocenters. The van der Waals surface area contributed by atoms with E-state index in [9.17, 15) is 0 Å². The van der Waals surface area contributed by atoms with Crippen LogP contribution in [0, 0.1) is 6.92 Å². The molecule has 0 spiro atoms. The van der Waals surface area contributed by atoms with Crippen LogP contribution >= 0.6 is 27.7 Å². The second-order valence-electron chi connectivity index (χ2n) is 4.50. The van der Waals surface area contributed by atoms with Gasteiger partial charge in [-0.15, -0.1) is 0 Å². The highest BCUT2D eigenvalue weighted by atomic mass is 79.9. The van der Waals surface area contributed by atoms with Gasteiger partial charge in [-0.05, 0) is 65.3 Å². The number of nitrogens with one attached hydrogen (secondary N) is 1. The Morgan fingerprint density at radius 3 is 3.00 bits per heavy atom. The number of aromatic nitrogens is 3. The van der Waals surface area contributed by atoms with Crippen molar-refractivity contribution in [1.29, 1.82) is 0 Å². The minimum absolute atomic E-state index is 0.654. The summed E-state index contributed by atoms with van der Waals surface area (Å²) in [6.45, 7) is 4.67. The largest absolute Gasteiger partial charge is 0.494 e. The molecule has 6 heteroatoms. The molecule has 1 aromatic carbocycles. The van der Waals surface area contributed by atoms with Gasteiger partial charge in [-0.1, -0.05) is 0 Å². The molecule has 0 radical (unpaired) electrons. The maximum absolute atomic E-state index is 5.50. The summed E-state index contributed by atoms with van der Waals surface area (Å²) >= 11 is 5.08. The van der Waals surface area contributed by atoms with Gasteiger partial charge in [0.25, 0.3) is 0 Å². The molecule has 0 aliphatic carbocycles. The molecule has 3 aromatic rings. The fourth-order valence-electron chi connectivity index (χ4n) is 1.95. The van der Waals surface area contributed by atoms with Crippen molar-refractivity contribution < 1.29 is 4.74 Å². The molecule has 0 amide bonds. The normalized spacial score (nSPS) is 11.0. The molecule has 4 nitrogen and oxygen atoms in total. The van der Waals surface area contributed by atoms with Crippen LogP contribution in [-0.2, 0) is 0 Å². The van der Waals surface area contributed by atoms with E-state index in [1.165, 1.54) is 11.8 Å². The first-order chi connectivity index (χ1) is 10.2. The molecule has 3 rings (SSSR count). The Hall–Kier alpha value is -1.53. The number of hydrogen-bond donors (Lipinski definition) is 1. The summed E-state index contributed by atoms with van der Waals surface area (Å²) in [4.78, 5) is 12.3. The third kappa shape index (κ3) is 3.06. The topological polar surface area (TPSA) is 50.8 Å². The number of pyridine rings is 1. The molecule has 0 saturated carbocycles. The van der Waals surface area contributed by atoms with Crippen molar-refractivity contribution in [3.63, 3.8) is 0 Å². The van der Waals surface area contributed by atoms with Crippen molar-refractivity contribution >= 4 is 38.7 Å². The number of halogens is 1. The maximum Gasteiger partial charge on any atom is 0.172 e. The SMILES string of the molecule is CCOc1ccc2nc(Sc3nccc(C)c3Br)[nH]c2c1. The van der Waals surface area contributed by atoms with Gasteiger partial charge in [0, 0.05) is 12.3 Å². The number of hydrogen-bond acceptors (Lipinski definition) is 4. The molecule has 0 aliphatic rings. The van der Waals surface area contributed by atoms with Gasteiger partial charge in [0.05, 0.1) is 22.1 Å². The average molecular weight is 364 g/mol. The van der Waals surface area contributed by atoms with Crippen LogP contribution in [0.5, 0.6) is 5.75 Å². The van der Waals surface area contributed by atoms with Crippen LogP contribution in [0.1, 0.15) is 12.5 Å². The number of imidazole rings is 1. The molecule has 1 N–H and O–H groups in total. The minimum atomic E-state index is 0.654. The van der Waals surface area contributed by atoms with Crippen LogP contribution in [0.4, 0.5) is 0 Å². The van der Waals surface area contributed by atoms with Crippen LogP contribution in [0.2, 0.25) is 0 Å². The lowest BCUT2D eigenvalue weighted by Crippen LogP contribution is -1.90. The number of rotatable bonds is 4. The summed E-state index contributed by atoms with van der Waals surface area (Å²) in [6, 6.07) is 7.83. The summed E-state index contributed by atoms with van der Waals surface area (Å²) in [5, 5.41) is 1.72. The maximum atomic E-state index is 5.50. The van der Waals surface area contributed by atoms with Crippen molar-refractivity contribution in [2.24, 2.45) is 0 Å². The average Bonchev–Trinajstić information content (AvgIpc) is 2.86. The van der Waals surface area contributed by atoms with E-state index < -0.39 is 0 Å². The van der Waals surface area contributed by atoms with Gasteiger partial charge in [-0.25, -0.2) is 9.97 Å². The Labute approximate surface area is 135 Å². The zero-order chi connectivity index (χ0) is 14.8. The molecule has 2 heterocycles. The predicted octanol–water partition coefficient (Wildman–Crippen LogP) is 4.58. The van der Waals surface area contributed by atoms with Crippen molar-refractivity contribution in [1.82, 2.24) is 15.0 Å². The smallest absolute Gasteiger partial charge is 0.172 e. The van der Waals surface area contributed by atoms with Gasteiger partial charge in [0.1, 0.15) is 10.8 Å². The van der Waals surface area contributed by atoms with Crippen molar-refractivity contribution in [2.75, 3.05) is 6.61 Å². The van der Waals surface area contributed by atoms with Crippen LogP contribution in [0.3, 0.4) is 0 Å². The molecular formula is C15H14BrN3OS. The van der Waals surface area contributed by atoms with E-state index in [1.807, 2.05) is 38.1 Å².